The smallest absolute Gasteiger partial charge is 0.272 e. The van der Waals surface area contributed by atoms with E-state index in [1.807, 2.05) is 17.0 Å². The maximum atomic E-state index is 12.3. The lowest BCUT2D eigenvalue weighted by Gasteiger charge is -2.49. The average Bonchev–Trinajstić information content (AvgIpc) is 2.52. The lowest BCUT2D eigenvalue weighted by atomic mass is 9.98. The van der Waals surface area contributed by atoms with Crippen molar-refractivity contribution in [1.82, 2.24) is 19.7 Å². The number of likely N-dealkylation sites (N-methyl/N-ethyl adjacent to an activating group) is 1. The lowest BCUT2D eigenvalue weighted by Crippen LogP contribution is -2.64. The highest BCUT2D eigenvalue weighted by Crippen LogP contribution is 2.24. The van der Waals surface area contributed by atoms with Crippen molar-refractivity contribution in [2.75, 3.05) is 39.8 Å². The van der Waals surface area contributed by atoms with Gasteiger partial charge in [0.2, 0.25) is 0 Å². The molecule has 0 aromatic carbocycles. The molecule has 0 spiro atoms. The summed E-state index contributed by atoms with van der Waals surface area (Å²) in [6.45, 7) is 7.37. The number of nitrogens with zero attached hydrogens (tertiary/aromatic N) is 4. The molecule has 0 unspecified atom stereocenters. The van der Waals surface area contributed by atoms with Crippen molar-refractivity contribution in [1.29, 1.82) is 0 Å². The molecule has 0 atom stereocenters. The molecule has 0 N–H and O–H groups in total. The summed E-state index contributed by atoms with van der Waals surface area (Å²) in [6.07, 6.45) is 4.17. The predicted octanol–water partition coefficient (Wildman–Crippen LogP) is 1.32. The first-order valence-electron chi connectivity index (χ1n) is 8.33. The third-order valence-electron chi connectivity index (χ3n) is 5.02. The molecule has 5 nitrogen and oxygen atoms in total. The number of carbonyl (C=O) groups is 1. The number of likely N-dealkylation sites (tertiary alicyclic amines) is 2. The topological polar surface area (TPSA) is 39.7 Å². The van der Waals surface area contributed by atoms with Gasteiger partial charge in [-0.3, -0.25) is 14.7 Å². The summed E-state index contributed by atoms with van der Waals surface area (Å²) in [4.78, 5) is 23.4. The maximum Gasteiger partial charge on any atom is 0.272 e. The molecule has 2 aliphatic rings. The molecule has 5 heteroatoms. The zero-order valence-corrected chi connectivity index (χ0v) is 13.6. The zero-order valence-electron chi connectivity index (χ0n) is 13.6. The van der Waals surface area contributed by atoms with Crippen LogP contribution in [0.5, 0.6) is 0 Å². The minimum Gasteiger partial charge on any atom is -0.334 e. The molecule has 2 aliphatic heterocycles. The largest absolute Gasteiger partial charge is 0.334 e. The van der Waals surface area contributed by atoms with Crippen LogP contribution in [0.4, 0.5) is 0 Å². The Hall–Kier alpha value is -1.46. The molecule has 3 heterocycles. The Morgan fingerprint density at radius 2 is 2.00 bits per heavy atom. The molecule has 0 radical (unpaired) electrons. The molecule has 2 fully saturated rings. The molecular weight excluding hydrogens is 276 g/mol. The van der Waals surface area contributed by atoms with E-state index in [4.69, 9.17) is 0 Å². The van der Waals surface area contributed by atoms with E-state index in [2.05, 4.69) is 28.8 Å². The van der Waals surface area contributed by atoms with Gasteiger partial charge in [-0.15, -0.1) is 0 Å². The molecule has 1 amide bonds. The maximum absolute atomic E-state index is 12.3. The van der Waals surface area contributed by atoms with Crippen LogP contribution in [0.15, 0.2) is 24.4 Å². The van der Waals surface area contributed by atoms with Crippen LogP contribution in [0, 0.1) is 0 Å². The van der Waals surface area contributed by atoms with Crippen LogP contribution < -0.4 is 0 Å². The minimum atomic E-state index is 0.0660. The van der Waals surface area contributed by atoms with Crippen LogP contribution in [0.1, 0.15) is 30.3 Å². The van der Waals surface area contributed by atoms with Crippen LogP contribution >= 0.6 is 0 Å². The summed E-state index contributed by atoms with van der Waals surface area (Å²) in [5.41, 5.74) is 0.559. The van der Waals surface area contributed by atoms with E-state index in [1.54, 1.807) is 12.3 Å². The third-order valence-corrected chi connectivity index (χ3v) is 5.02. The standard InChI is InChI=1S/C17H26N4O/c1-3-21(14-7-10-19(2)11-8-14)15-12-20(13-15)17(22)16-6-4-5-9-18-16/h4-6,9,14-15H,3,7-8,10-13H2,1-2H3. The molecule has 2 saturated heterocycles. The molecule has 3 rings (SSSR count). The summed E-state index contributed by atoms with van der Waals surface area (Å²) in [6, 6.07) is 6.71. The highest BCUT2D eigenvalue weighted by Gasteiger charge is 2.38. The quantitative estimate of drug-likeness (QED) is 0.841. The van der Waals surface area contributed by atoms with E-state index >= 15 is 0 Å². The fourth-order valence-electron chi connectivity index (χ4n) is 3.62. The molecule has 22 heavy (non-hydrogen) atoms. The van der Waals surface area contributed by atoms with Crippen molar-refractivity contribution < 1.29 is 4.79 Å². The molecule has 1 aromatic heterocycles. The van der Waals surface area contributed by atoms with Crippen molar-refractivity contribution in [3.05, 3.63) is 30.1 Å². The molecule has 0 aliphatic carbocycles. The van der Waals surface area contributed by atoms with Gasteiger partial charge in [-0.1, -0.05) is 13.0 Å². The Morgan fingerprint density at radius 3 is 2.59 bits per heavy atom. The molecule has 120 valence electrons. The molecule has 1 aromatic rings. The summed E-state index contributed by atoms with van der Waals surface area (Å²) in [5.74, 6) is 0.0660. The Morgan fingerprint density at radius 1 is 1.27 bits per heavy atom. The number of amides is 1. The Labute approximate surface area is 132 Å². The summed E-state index contributed by atoms with van der Waals surface area (Å²) in [5, 5.41) is 0. The van der Waals surface area contributed by atoms with E-state index in [0.717, 1.165) is 19.6 Å². The second-order valence-corrected chi connectivity index (χ2v) is 6.44. The van der Waals surface area contributed by atoms with E-state index in [0.29, 0.717) is 17.8 Å². The van der Waals surface area contributed by atoms with Crippen molar-refractivity contribution in [3.63, 3.8) is 0 Å². The highest BCUT2D eigenvalue weighted by molar-refractivity contribution is 5.92. The Bertz CT molecular complexity index is 493. The lowest BCUT2D eigenvalue weighted by molar-refractivity contribution is -0.000279. The predicted molar refractivity (Wildman–Crippen MR) is 86.8 cm³/mol. The van der Waals surface area contributed by atoms with Gasteiger partial charge in [0.25, 0.3) is 5.91 Å². The van der Waals surface area contributed by atoms with Crippen LogP contribution in [0.25, 0.3) is 0 Å². The van der Waals surface area contributed by atoms with Crippen LogP contribution in [0.3, 0.4) is 0 Å². The van der Waals surface area contributed by atoms with Gasteiger partial charge in [-0.2, -0.15) is 0 Å². The van der Waals surface area contributed by atoms with Crippen LogP contribution in [-0.4, -0.2) is 77.4 Å². The van der Waals surface area contributed by atoms with Crippen molar-refractivity contribution in [2.24, 2.45) is 0 Å². The number of pyridine rings is 1. The third kappa shape index (κ3) is 3.15. The van der Waals surface area contributed by atoms with Gasteiger partial charge in [-0.25, -0.2) is 0 Å². The monoisotopic (exact) mass is 302 g/mol. The van der Waals surface area contributed by atoms with Crippen molar-refractivity contribution >= 4 is 5.91 Å². The van der Waals surface area contributed by atoms with E-state index in [1.165, 1.54) is 25.9 Å². The zero-order chi connectivity index (χ0) is 15.5. The van der Waals surface area contributed by atoms with Gasteiger partial charge in [0.15, 0.2) is 0 Å². The number of rotatable bonds is 4. The number of carbonyl (C=O) groups excluding carboxylic acids is 1. The van der Waals surface area contributed by atoms with Gasteiger partial charge in [0.05, 0.1) is 0 Å². The fourth-order valence-corrected chi connectivity index (χ4v) is 3.62. The number of hydrogen-bond acceptors (Lipinski definition) is 4. The first-order chi connectivity index (χ1) is 10.7. The Balaban J connectivity index is 1.54. The second-order valence-electron chi connectivity index (χ2n) is 6.44. The molecule has 0 bridgehead atoms. The van der Waals surface area contributed by atoms with E-state index in [9.17, 15) is 4.79 Å². The normalized spacial score (nSPS) is 21.1. The van der Waals surface area contributed by atoms with Gasteiger partial charge < -0.3 is 9.80 Å². The van der Waals surface area contributed by atoms with Gasteiger partial charge in [-0.05, 0) is 51.7 Å². The van der Waals surface area contributed by atoms with Gasteiger partial charge in [0.1, 0.15) is 5.69 Å². The van der Waals surface area contributed by atoms with Crippen molar-refractivity contribution in [2.45, 2.75) is 31.8 Å². The second kappa shape index (κ2) is 6.75. The Kier molecular flexibility index (Phi) is 4.74. The van der Waals surface area contributed by atoms with Gasteiger partial charge in [0, 0.05) is 31.4 Å². The molecular formula is C17H26N4O. The average molecular weight is 302 g/mol. The van der Waals surface area contributed by atoms with Crippen LogP contribution in [0.2, 0.25) is 0 Å². The first-order valence-corrected chi connectivity index (χ1v) is 8.33. The van der Waals surface area contributed by atoms with E-state index in [-0.39, 0.29) is 5.91 Å². The fraction of sp³-hybridized carbons (Fsp3) is 0.647. The first kappa shape index (κ1) is 15.4. The van der Waals surface area contributed by atoms with E-state index < -0.39 is 0 Å². The van der Waals surface area contributed by atoms with Crippen molar-refractivity contribution in [3.8, 4) is 0 Å². The summed E-state index contributed by atoms with van der Waals surface area (Å²) < 4.78 is 0. The van der Waals surface area contributed by atoms with Crippen LogP contribution in [-0.2, 0) is 0 Å². The van der Waals surface area contributed by atoms with Gasteiger partial charge >= 0.3 is 0 Å². The number of piperidine rings is 1. The highest BCUT2D eigenvalue weighted by atomic mass is 16.2. The number of aromatic nitrogens is 1. The SMILES string of the molecule is CCN(C1CCN(C)CC1)C1CN(C(=O)c2ccccn2)C1. The minimum absolute atomic E-state index is 0.0660. The summed E-state index contributed by atoms with van der Waals surface area (Å²) in [7, 11) is 2.20. The summed E-state index contributed by atoms with van der Waals surface area (Å²) >= 11 is 0. The number of hydrogen-bond donors (Lipinski definition) is 0. The molecule has 0 saturated carbocycles.